The number of urea groups is 1. The van der Waals surface area contributed by atoms with Gasteiger partial charge in [-0.25, -0.2) is 4.79 Å². The van der Waals surface area contributed by atoms with Crippen molar-refractivity contribution < 1.29 is 22.8 Å². The van der Waals surface area contributed by atoms with Crippen LogP contribution < -0.4 is 0 Å². The highest BCUT2D eigenvalue weighted by Crippen LogP contribution is 2.35. The number of halogens is 3. The number of rotatable bonds is 8. The van der Waals surface area contributed by atoms with Gasteiger partial charge in [-0.3, -0.25) is 4.79 Å². The molecule has 1 unspecified atom stereocenters. The number of benzene rings is 2. The third kappa shape index (κ3) is 6.91. The molecule has 0 saturated carbocycles. The summed E-state index contributed by atoms with van der Waals surface area (Å²) >= 11 is 0. The van der Waals surface area contributed by atoms with E-state index in [-0.39, 0.29) is 18.5 Å². The van der Waals surface area contributed by atoms with Crippen molar-refractivity contribution in [1.82, 2.24) is 14.7 Å². The van der Waals surface area contributed by atoms with Gasteiger partial charge in [0.05, 0.1) is 17.0 Å². The van der Waals surface area contributed by atoms with Gasteiger partial charge in [-0.1, -0.05) is 55.0 Å². The summed E-state index contributed by atoms with van der Waals surface area (Å²) in [6.07, 6.45) is 0.0269. The summed E-state index contributed by atoms with van der Waals surface area (Å²) in [6.45, 7) is 14.1. The van der Waals surface area contributed by atoms with E-state index in [9.17, 15) is 22.8 Å². The number of nitrogens with zero attached hydrogens (tertiary/aromatic N) is 3. The molecule has 1 heterocycles. The smallest absolute Gasteiger partial charge is 0.338 e. The summed E-state index contributed by atoms with van der Waals surface area (Å²) < 4.78 is 40.1. The lowest BCUT2D eigenvalue weighted by Gasteiger charge is -2.45. The molecular formula is C31H38F3N3O2. The molecule has 0 aromatic heterocycles. The summed E-state index contributed by atoms with van der Waals surface area (Å²) in [4.78, 5) is 32.4. The van der Waals surface area contributed by atoms with Crippen LogP contribution in [0.3, 0.4) is 0 Å². The highest BCUT2D eigenvalue weighted by molar-refractivity contribution is 5.83. The zero-order chi connectivity index (χ0) is 29.0. The summed E-state index contributed by atoms with van der Waals surface area (Å²) in [6, 6.07) is 10.9. The summed E-state index contributed by atoms with van der Waals surface area (Å²) in [5.74, 6) is -0.0132. The van der Waals surface area contributed by atoms with Gasteiger partial charge in [0.25, 0.3) is 0 Å². The van der Waals surface area contributed by atoms with Crippen LogP contribution in [-0.4, -0.2) is 53.3 Å². The molecule has 2 aromatic carbocycles. The van der Waals surface area contributed by atoms with Gasteiger partial charge in [0.2, 0.25) is 5.91 Å². The summed E-state index contributed by atoms with van der Waals surface area (Å²) in [7, 11) is 1.59. The molecule has 3 rings (SSSR count). The molecule has 1 atom stereocenters. The van der Waals surface area contributed by atoms with Gasteiger partial charge in [-0.2, -0.15) is 13.2 Å². The third-order valence-electron chi connectivity index (χ3n) is 7.38. The normalized spacial score (nSPS) is 16.1. The molecule has 1 aliphatic heterocycles. The highest BCUT2D eigenvalue weighted by Gasteiger charge is 2.41. The van der Waals surface area contributed by atoms with Crippen LogP contribution >= 0.6 is 0 Å². The van der Waals surface area contributed by atoms with E-state index >= 15 is 0 Å². The monoisotopic (exact) mass is 541 g/mol. The third-order valence-corrected chi connectivity index (χ3v) is 7.38. The maximum Gasteiger partial charge on any atom is 0.416 e. The number of piperazine rings is 1. The zero-order valence-corrected chi connectivity index (χ0v) is 23.2. The molecular weight excluding hydrogens is 503 g/mol. The second-order valence-corrected chi connectivity index (χ2v) is 10.7. The molecule has 0 bridgehead atoms. The van der Waals surface area contributed by atoms with E-state index < -0.39 is 23.2 Å². The Kier molecular flexibility index (Phi) is 9.30. The summed E-state index contributed by atoms with van der Waals surface area (Å²) in [5.41, 5.74) is 1.40. The summed E-state index contributed by atoms with van der Waals surface area (Å²) in [5, 5.41) is 0. The molecule has 0 spiro atoms. The number of carbonyl (C=O) groups excluding carboxylic acids is 2. The Bertz CT molecular complexity index is 1210. The maximum absolute atomic E-state index is 13.7. The lowest BCUT2D eigenvalue weighted by atomic mass is 9.81. The van der Waals surface area contributed by atoms with Crippen LogP contribution in [0.4, 0.5) is 18.0 Å². The molecule has 3 amide bonds. The Labute approximate surface area is 229 Å². The fourth-order valence-corrected chi connectivity index (χ4v) is 5.38. The fraction of sp³-hybridized carbons (Fsp3) is 0.419. The van der Waals surface area contributed by atoms with Gasteiger partial charge in [-0.05, 0) is 55.5 Å². The molecule has 1 saturated heterocycles. The van der Waals surface area contributed by atoms with Gasteiger partial charge < -0.3 is 14.7 Å². The van der Waals surface area contributed by atoms with Crippen LogP contribution in [0.15, 0.2) is 67.8 Å². The van der Waals surface area contributed by atoms with Crippen molar-refractivity contribution in [1.29, 1.82) is 0 Å². The molecule has 5 nitrogen and oxygen atoms in total. The standard InChI is InChI=1S/C31H38F3N3O2/c1-7-13-30(5,14-8-2)28(38)36-15-16-37(27(21-36)26-12-10-9-11-23(26)4)29(39)35(6)20-24-17-22(3)18-25(19-24)31(32,33)34/h7-12,17-19,27H,1-2,13-16,20-21H2,3-6H3. The van der Waals surface area contributed by atoms with Crippen LogP contribution in [0.25, 0.3) is 0 Å². The minimum absolute atomic E-state index is 0.0132. The van der Waals surface area contributed by atoms with Crippen molar-refractivity contribution in [3.05, 3.63) is 95.6 Å². The predicted molar refractivity (Wildman–Crippen MR) is 148 cm³/mol. The van der Waals surface area contributed by atoms with Crippen molar-refractivity contribution >= 4 is 11.9 Å². The van der Waals surface area contributed by atoms with Crippen molar-refractivity contribution in [2.24, 2.45) is 5.41 Å². The minimum atomic E-state index is -4.46. The van der Waals surface area contributed by atoms with Crippen LogP contribution in [0.1, 0.15) is 53.6 Å². The largest absolute Gasteiger partial charge is 0.416 e. The average Bonchev–Trinajstić information content (AvgIpc) is 2.87. The van der Waals surface area contributed by atoms with Gasteiger partial charge in [0.15, 0.2) is 0 Å². The Hall–Kier alpha value is -3.55. The van der Waals surface area contributed by atoms with Crippen LogP contribution in [0, 0.1) is 19.3 Å². The average molecular weight is 542 g/mol. The maximum atomic E-state index is 13.7. The second kappa shape index (κ2) is 12.1. The van der Waals surface area contributed by atoms with Crippen LogP contribution in [-0.2, 0) is 17.5 Å². The SMILES string of the molecule is C=CCC(C)(CC=C)C(=O)N1CCN(C(=O)N(C)Cc2cc(C)cc(C(F)(F)F)c2)C(c2ccccc2C)C1. The molecule has 39 heavy (non-hydrogen) atoms. The Morgan fingerprint density at radius 3 is 2.28 bits per heavy atom. The zero-order valence-electron chi connectivity index (χ0n) is 23.2. The van der Waals surface area contributed by atoms with E-state index in [0.29, 0.717) is 43.6 Å². The van der Waals surface area contributed by atoms with E-state index in [1.54, 1.807) is 37.1 Å². The number of hydrogen-bond acceptors (Lipinski definition) is 2. The van der Waals surface area contributed by atoms with Gasteiger partial charge in [0, 0.05) is 33.2 Å². The van der Waals surface area contributed by atoms with Crippen LogP contribution in [0.2, 0.25) is 0 Å². The number of alkyl halides is 3. The van der Waals surface area contributed by atoms with Crippen molar-refractivity contribution in [2.45, 2.75) is 52.4 Å². The van der Waals surface area contributed by atoms with E-state index in [1.165, 1.54) is 4.90 Å². The van der Waals surface area contributed by atoms with Gasteiger partial charge in [0.1, 0.15) is 0 Å². The van der Waals surface area contributed by atoms with E-state index in [0.717, 1.165) is 23.3 Å². The number of amides is 3. The van der Waals surface area contributed by atoms with E-state index in [1.807, 2.05) is 43.0 Å². The van der Waals surface area contributed by atoms with Crippen molar-refractivity contribution in [3.63, 3.8) is 0 Å². The topological polar surface area (TPSA) is 43.9 Å². The number of carbonyl (C=O) groups is 2. The van der Waals surface area contributed by atoms with Crippen molar-refractivity contribution in [3.8, 4) is 0 Å². The molecule has 1 aliphatic rings. The lowest BCUT2D eigenvalue weighted by molar-refractivity contribution is -0.143. The minimum Gasteiger partial charge on any atom is -0.338 e. The quantitative estimate of drug-likeness (QED) is 0.341. The highest BCUT2D eigenvalue weighted by atomic mass is 19.4. The van der Waals surface area contributed by atoms with Crippen LogP contribution in [0.5, 0.6) is 0 Å². The first-order chi connectivity index (χ1) is 18.3. The lowest BCUT2D eigenvalue weighted by Crippen LogP contribution is -2.57. The molecule has 0 aliphatic carbocycles. The number of aryl methyl sites for hydroxylation is 2. The Morgan fingerprint density at radius 1 is 1.05 bits per heavy atom. The number of allylic oxidation sites excluding steroid dienone is 2. The second-order valence-electron chi connectivity index (χ2n) is 10.7. The predicted octanol–water partition coefficient (Wildman–Crippen LogP) is 6.92. The molecule has 8 heteroatoms. The molecule has 0 radical (unpaired) electrons. The van der Waals surface area contributed by atoms with E-state index in [2.05, 4.69) is 13.2 Å². The number of hydrogen-bond donors (Lipinski definition) is 0. The van der Waals surface area contributed by atoms with Gasteiger partial charge >= 0.3 is 12.2 Å². The first-order valence-corrected chi connectivity index (χ1v) is 13.1. The molecule has 0 N–H and O–H groups in total. The molecule has 2 aromatic rings. The Balaban J connectivity index is 1.89. The van der Waals surface area contributed by atoms with Gasteiger partial charge in [-0.15, -0.1) is 13.2 Å². The Morgan fingerprint density at radius 2 is 1.69 bits per heavy atom. The van der Waals surface area contributed by atoms with E-state index in [4.69, 9.17) is 0 Å². The fourth-order valence-electron chi connectivity index (χ4n) is 5.38. The molecule has 1 fully saturated rings. The first kappa shape index (κ1) is 30.0. The molecule has 210 valence electrons. The van der Waals surface area contributed by atoms with Crippen molar-refractivity contribution in [2.75, 3.05) is 26.7 Å². The first-order valence-electron chi connectivity index (χ1n) is 13.1.